The zero-order valence-electron chi connectivity index (χ0n) is 18.6. The van der Waals surface area contributed by atoms with Crippen LogP contribution in [0.2, 0.25) is 0 Å². The highest BCUT2D eigenvalue weighted by Crippen LogP contribution is 2.23. The molecule has 0 N–H and O–H groups in total. The lowest BCUT2D eigenvalue weighted by Gasteiger charge is -2.50. The Balaban J connectivity index is 0.000000660. The molecule has 3 heterocycles. The monoisotopic (exact) mass is 383 g/mol. The second kappa shape index (κ2) is 11.2. The number of benzene rings is 2. The summed E-state index contributed by atoms with van der Waals surface area (Å²) in [7, 11) is 0. The predicted molar refractivity (Wildman–Crippen MR) is 120 cm³/mol. The minimum atomic E-state index is 0.637. The molecule has 3 nitrogen and oxygen atoms in total. The maximum absolute atomic E-state index is 5.87. The third-order valence-electron chi connectivity index (χ3n) is 5.64. The van der Waals surface area contributed by atoms with Crippen molar-refractivity contribution in [3.63, 3.8) is 0 Å². The molecule has 0 unspecified atom stereocenters. The first-order chi connectivity index (χ1) is 13.7. The number of quaternary nitrogens is 1. The molecule has 0 aromatic heterocycles. The van der Waals surface area contributed by atoms with E-state index in [2.05, 4.69) is 48.2 Å². The fourth-order valence-corrected chi connectivity index (χ4v) is 3.90. The van der Waals surface area contributed by atoms with Gasteiger partial charge in [-0.15, -0.1) is 0 Å². The maximum Gasteiger partial charge on any atom is 0.119 e. The van der Waals surface area contributed by atoms with E-state index in [4.69, 9.17) is 4.74 Å². The first-order valence-corrected chi connectivity index (χ1v) is 11.1. The van der Waals surface area contributed by atoms with Gasteiger partial charge in [0.05, 0.1) is 19.6 Å². The van der Waals surface area contributed by atoms with Crippen LogP contribution >= 0.6 is 0 Å². The van der Waals surface area contributed by atoms with E-state index in [1.165, 1.54) is 67.0 Å². The Morgan fingerprint density at radius 1 is 0.750 bits per heavy atom. The Hall–Kier alpha value is -1.84. The SMILES string of the molecule is CC.CC.Cc1ccc(OCc2ccc(C[N+]34CCN(CC3)CC4)cc2)cc1. The number of aryl methyl sites for hydroxylation is 1. The summed E-state index contributed by atoms with van der Waals surface area (Å²) in [4.78, 5) is 2.60. The molecule has 3 heteroatoms. The molecule has 0 radical (unpaired) electrons. The fraction of sp³-hybridized carbons (Fsp3) is 0.520. The molecule has 2 bridgehead atoms. The molecule has 2 aromatic carbocycles. The van der Waals surface area contributed by atoms with Crippen molar-refractivity contribution in [1.82, 2.24) is 4.90 Å². The summed E-state index contributed by atoms with van der Waals surface area (Å²) in [6.07, 6.45) is 0. The third-order valence-corrected chi connectivity index (χ3v) is 5.64. The summed E-state index contributed by atoms with van der Waals surface area (Å²) in [5.41, 5.74) is 3.96. The van der Waals surface area contributed by atoms with Gasteiger partial charge in [0.1, 0.15) is 18.9 Å². The molecule has 2 aromatic rings. The predicted octanol–water partition coefficient (Wildman–Crippen LogP) is 5.27. The van der Waals surface area contributed by atoms with E-state index < -0.39 is 0 Å². The second-order valence-corrected chi connectivity index (χ2v) is 7.43. The van der Waals surface area contributed by atoms with E-state index in [-0.39, 0.29) is 0 Å². The zero-order chi connectivity index (χ0) is 20.4. The first kappa shape index (κ1) is 22.4. The number of hydrogen-bond acceptors (Lipinski definition) is 2. The quantitative estimate of drug-likeness (QED) is 0.652. The van der Waals surface area contributed by atoms with Gasteiger partial charge in [0.15, 0.2) is 0 Å². The van der Waals surface area contributed by atoms with Crippen LogP contribution in [0.15, 0.2) is 48.5 Å². The molecule has 154 valence electrons. The Bertz CT molecular complexity index is 657. The van der Waals surface area contributed by atoms with Gasteiger partial charge in [-0.2, -0.15) is 0 Å². The minimum Gasteiger partial charge on any atom is -0.489 e. The molecule has 3 aliphatic heterocycles. The first-order valence-electron chi connectivity index (χ1n) is 11.1. The molecule has 3 saturated heterocycles. The van der Waals surface area contributed by atoms with Crippen molar-refractivity contribution < 1.29 is 9.22 Å². The molecule has 0 atom stereocenters. The molecule has 0 spiro atoms. The summed E-state index contributed by atoms with van der Waals surface area (Å²) in [5, 5.41) is 0. The zero-order valence-corrected chi connectivity index (χ0v) is 18.6. The smallest absolute Gasteiger partial charge is 0.119 e. The van der Waals surface area contributed by atoms with Gasteiger partial charge in [0, 0.05) is 25.2 Å². The molecule has 3 fully saturated rings. The van der Waals surface area contributed by atoms with Crippen LogP contribution < -0.4 is 4.74 Å². The highest BCUT2D eigenvalue weighted by Gasteiger charge is 2.38. The summed E-state index contributed by atoms with van der Waals surface area (Å²) >= 11 is 0. The molecule has 0 aliphatic carbocycles. The lowest BCUT2D eigenvalue weighted by molar-refractivity contribution is -0.953. The number of rotatable bonds is 5. The van der Waals surface area contributed by atoms with Crippen molar-refractivity contribution in [2.24, 2.45) is 0 Å². The van der Waals surface area contributed by atoms with Crippen LogP contribution in [0.5, 0.6) is 5.75 Å². The van der Waals surface area contributed by atoms with E-state index >= 15 is 0 Å². The fourth-order valence-electron chi connectivity index (χ4n) is 3.90. The molecule has 0 amide bonds. The lowest BCUT2D eigenvalue weighted by atomic mass is 10.1. The van der Waals surface area contributed by atoms with Gasteiger partial charge < -0.3 is 9.22 Å². The van der Waals surface area contributed by atoms with Crippen LogP contribution in [-0.4, -0.2) is 48.7 Å². The van der Waals surface area contributed by atoms with Crippen molar-refractivity contribution in [2.75, 3.05) is 39.3 Å². The summed E-state index contributed by atoms with van der Waals surface area (Å²) in [6.45, 7) is 19.7. The van der Waals surface area contributed by atoms with Crippen LogP contribution in [-0.2, 0) is 13.2 Å². The van der Waals surface area contributed by atoms with E-state index in [9.17, 15) is 0 Å². The number of nitrogens with zero attached hydrogens (tertiary/aromatic N) is 2. The standard InChI is InChI=1S/C21H27N2O.2C2H6/c1-18-2-8-21(9-3-18)24-17-20-6-4-19(5-7-20)16-23-13-10-22(11-14-23)12-15-23;2*1-2/h2-9H,10-17H2,1H3;2*1-2H3/q+1;;. The highest BCUT2D eigenvalue weighted by molar-refractivity contribution is 5.27. The van der Waals surface area contributed by atoms with Crippen molar-refractivity contribution in [1.29, 1.82) is 0 Å². The third kappa shape index (κ3) is 6.08. The van der Waals surface area contributed by atoms with E-state index in [0.717, 1.165) is 5.75 Å². The van der Waals surface area contributed by atoms with Gasteiger partial charge in [-0.1, -0.05) is 69.7 Å². The molecule has 5 rings (SSSR count). The molecule has 28 heavy (non-hydrogen) atoms. The highest BCUT2D eigenvalue weighted by atomic mass is 16.5. The second-order valence-electron chi connectivity index (χ2n) is 7.43. The van der Waals surface area contributed by atoms with Gasteiger partial charge in [-0.25, -0.2) is 0 Å². The van der Waals surface area contributed by atoms with Crippen molar-refractivity contribution in [3.05, 3.63) is 65.2 Å². The van der Waals surface area contributed by atoms with E-state index in [1.807, 2.05) is 39.8 Å². The normalized spacial score (nSPS) is 22.4. The van der Waals surface area contributed by atoms with Gasteiger partial charge >= 0.3 is 0 Å². The summed E-state index contributed by atoms with van der Waals surface area (Å²) < 4.78 is 7.16. The van der Waals surface area contributed by atoms with Gasteiger partial charge in [0.2, 0.25) is 0 Å². The Kier molecular flexibility index (Phi) is 9.01. The molecule has 0 saturated carbocycles. The molecule has 3 aliphatic rings. The number of ether oxygens (including phenoxy) is 1. The molecular weight excluding hydrogens is 344 g/mol. The van der Waals surface area contributed by atoms with Crippen LogP contribution in [0.3, 0.4) is 0 Å². The Morgan fingerprint density at radius 3 is 1.79 bits per heavy atom. The molecular formula is C25H39N2O+. The van der Waals surface area contributed by atoms with Crippen molar-refractivity contribution in [3.8, 4) is 5.75 Å². The van der Waals surface area contributed by atoms with E-state index in [1.54, 1.807) is 0 Å². The minimum absolute atomic E-state index is 0.637. The largest absolute Gasteiger partial charge is 0.489 e. The van der Waals surface area contributed by atoms with Crippen molar-refractivity contribution >= 4 is 0 Å². The van der Waals surface area contributed by atoms with Gasteiger partial charge in [-0.05, 0) is 24.6 Å². The van der Waals surface area contributed by atoms with Crippen LogP contribution in [0.1, 0.15) is 44.4 Å². The van der Waals surface area contributed by atoms with Crippen molar-refractivity contribution in [2.45, 2.75) is 47.8 Å². The van der Waals surface area contributed by atoms with E-state index in [0.29, 0.717) is 6.61 Å². The average molecular weight is 384 g/mol. The topological polar surface area (TPSA) is 12.5 Å². The van der Waals surface area contributed by atoms with Crippen LogP contribution in [0.4, 0.5) is 0 Å². The van der Waals surface area contributed by atoms with Gasteiger partial charge in [-0.3, -0.25) is 4.90 Å². The maximum atomic E-state index is 5.87. The van der Waals surface area contributed by atoms with Crippen LogP contribution in [0.25, 0.3) is 0 Å². The summed E-state index contributed by atoms with van der Waals surface area (Å²) in [6, 6.07) is 17.3. The van der Waals surface area contributed by atoms with Gasteiger partial charge in [0.25, 0.3) is 0 Å². The average Bonchev–Trinajstić information content (AvgIpc) is 2.78. The number of hydrogen-bond donors (Lipinski definition) is 0. The van der Waals surface area contributed by atoms with Crippen LogP contribution in [0, 0.1) is 6.92 Å². The Morgan fingerprint density at radius 2 is 1.25 bits per heavy atom. The Labute approximate surface area is 172 Å². The number of piperazine rings is 3. The summed E-state index contributed by atoms with van der Waals surface area (Å²) in [5.74, 6) is 0.939. The lowest BCUT2D eigenvalue weighted by Crippen LogP contribution is -2.66. The number of fused-ring (bicyclic) bond motifs is 3.